The van der Waals surface area contributed by atoms with Crippen LogP contribution in [-0.4, -0.2) is 26.9 Å². The maximum Gasteiger partial charge on any atom is 0.170 e. The van der Waals surface area contributed by atoms with E-state index in [1.807, 2.05) is 65.6 Å². The molecule has 0 radical (unpaired) electrons. The molecule has 0 aliphatic heterocycles. The number of aldehydes is 1. The first-order valence-electron chi connectivity index (χ1n) is 9.44. The number of hydrogen-bond acceptors (Lipinski definition) is 5. The Morgan fingerprint density at radius 1 is 1.07 bits per heavy atom. The predicted molar refractivity (Wildman–Crippen MR) is 115 cm³/mol. The molecule has 0 amide bonds. The standard InChI is InChI=1S/C22H18ClN5O/c23-16-5-4-8-19(11-16)27(18-6-2-1-3-7-18)20-12-21(25-17-9-10-17)28-22(26-20)15(14-29)13-24-28/h1-8,11-14,17,25H,9-10H2. The van der Waals surface area contributed by atoms with Gasteiger partial charge in [-0.2, -0.15) is 9.61 Å². The maximum absolute atomic E-state index is 11.5. The summed E-state index contributed by atoms with van der Waals surface area (Å²) in [5.41, 5.74) is 2.79. The molecule has 2 aromatic heterocycles. The van der Waals surface area contributed by atoms with Crippen LogP contribution in [0, 0.1) is 0 Å². The zero-order valence-corrected chi connectivity index (χ0v) is 16.3. The van der Waals surface area contributed by atoms with Crippen LogP contribution in [0.1, 0.15) is 23.2 Å². The fourth-order valence-corrected chi connectivity index (χ4v) is 3.49. The third-order valence-electron chi connectivity index (χ3n) is 4.85. The molecule has 5 rings (SSSR count). The van der Waals surface area contributed by atoms with Gasteiger partial charge >= 0.3 is 0 Å². The summed E-state index contributed by atoms with van der Waals surface area (Å²) in [5, 5.41) is 8.49. The molecule has 6 nitrogen and oxygen atoms in total. The zero-order valence-electron chi connectivity index (χ0n) is 15.5. The van der Waals surface area contributed by atoms with E-state index in [9.17, 15) is 4.79 Å². The minimum Gasteiger partial charge on any atom is -0.367 e. The lowest BCUT2D eigenvalue weighted by molar-refractivity contribution is 0.112. The number of hydrogen-bond donors (Lipinski definition) is 1. The van der Waals surface area contributed by atoms with Crippen molar-refractivity contribution < 1.29 is 4.79 Å². The molecular weight excluding hydrogens is 386 g/mol. The summed E-state index contributed by atoms with van der Waals surface area (Å²) in [6.07, 6.45) is 4.57. The molecule has 0 saturated heterocycles. The summed E-state index contributed by atoms with van der Waals surface area (Å²) < 4.78 is 1.69. The Balaban J connectivity index is 1.73. The fraction of sp³-hybridized carbons (Fsp3) is 0.136. The molecule has 1 aliphatic carbocycles. The highest BCUT2D eigenvalue weighted by molar-refractivity contribution is 6.30. The quantitative estimate of drug-likeness (QED) is 0.446. The highest BCUT2D eigenvalue weighted by atomic mass is 35.5. The molecule has 2 heterocycles. The summed E-state index contributed by atoms with van der Waals surface area (Å²) in [7, 11) is 0. The van der Waals surface area contributed by atoms with Gasteiger partial charge in [-0.25, -0.2) is 4.98 Å². The van der Waals surface area contributed by atoms with Crippen molar-refractivity contribution in [2.45, 2.75) is 18.9 Å². The number of fused-ring (bicyclic) bond motifs is 1. The highest BCUT2D eigenvalue weighted by Crippen LogP contribution is 2.36. The number of halogens is 1. The third-order valence-corrected chi connectivity index (χ3v) is 5.09. The van der Waals surface area contributed by atoms with Crippen LogP contribution in [0.25, 0.3) is 5.65 Å². The minimum absolute atomic E-state index is 0.425. The Morgan fingerprint density at radius 2 is 1.86 bits per heavy atom. The van der Waals surface area contributed by atoms with Gasteiger partial charge in [-0.3, -0.25) is 9.69 Å². The molecule has 1 N–H and O–H groups in total. The molecule has 0 unspecified atom stereocenters. The van der Waals surface area contributed by atoms with E-state index in [1.165, 1.54) is 0 Å². The topological polar surface area (TPSA) is 62.5 Å². The lowest BCUT2D eigenvalue weighted by Gasteiger charge is -2.25. The highest BCUT2D eigenvalue weighted by Gasteiger charge is 2.24. The number of carbonyl (C=O) groups excluding carboxylic acids is 1. The average molecular weight is 404 g/mol. The van der Waals surface area contributed by atoms with Crippen molar-refractivity contribution in [2.75, 3.05) is 10.2 Å². The maximum atomic E-state index is 11.5. The van der Waals surface area contributed by atoms with Crippen molar-refractivity contribution in [3.05, 3.63) is 77.4 Å². The van der Waals surface area contributed by atoms with Crippen molar-refractivity contribution in [2.24, 2.45) is 0 Å². The molecule has 1 saturated carbocycles. The van der Waals surface area contributed by atoms with Crippen molar-refractivity contribution in [1.29, 1.82) is 0 Å². The number of rotatable bonds is 6. The van der Waals surface area contributed by atoms with Crippen LogP contribution in [0.15, 0.2) is 66.9 Å². The summed E-state index contributed by atoms with van der Waals surface area (Å²) in [4.78, 5) is 18.4. The van der Waals surface area contributed by atoms with Gasteiger partial charge in [0.15, 0.2) is 11.9 Å². The van der Waals surface area contributed by atoms with E-state index in [4.69, 9.17) is 16.6 Å². The predicted octanol–water partition coefficient (Wildman–Crippen LogP) is 5.24. The van der Waals surface area contributed by atoms with E-state index in [1.54, 1.807) is 10.7 Å². The van der Waals surface area contributed by atoms with E-state index >= 15 is 0 Å². The molecule has 0 spiro atoms. The second-order valence-corrected chi connectivity index (χ2v) is 7.46. The Morgan fingerprint density at radius 3 is 2.59 bits per heavy atom. The van der Waals surface area contributed by atoms with Gasteiger partial charge in [-0.1, -0.05) is 35.9 Å². The van der Waals surface area contributed by atoms with Crippen LogP contribution >= 0.6 is 11.6 Å². The van der Waals surface area contributed by atoms with Crippen LogP contribution < -0.4 is 10.2 Å². The summed E-state index contributed by atoms with van der Waals surface area (Å²) in [5.74, 6) is 1.49. The normalized spacial score (nSPS) is 13.4. The second-order valence-electron chi connectivity index (χ2n) is 7.02. The van der Waals surface area contributed by atoms with Gasteiger partial charge in [0.2, 0.25) is 0 Å². The molecule has 7 heteroatoms. The first-order chi connectivity index (χ1) is 14.2. The molecule has 2 aromatic carbocycles. The largest absolute Gasteiger partial charge is 0.367 e. The number of benzene rings is 2. The molecule has 0 atom stereocenters. The summed E-state index contributed by atoms with van der Waals surface area (Å²) in [6.45, 7) is 0. The first kappa shape index (κ1) is 17.7. The Bertz CT molecular complexity index is 1190. The molecule has 1 fully saturated rings. The molecule has 1 aliphatic rings. The number of nitrogens with zero attached hydrogens (tertiary/aromatic N) is 4. The van der Waals surface area contributed by atoms with Crippen molar-refractivity contribution in [3.63, 3.8) is 0 Å². The Labute approximate surface area is 172 Å². The lowest BCUT2D eigenvalue weighted by atomic mass is 10.2. The van der Waals surface area contributed by atoms with E-state index in [-0.39, 0.29) is 0 Å². The number of nitrogens with one attached hydrogen (secondary N) is 1. The van der Waals surface area contributed by atoms with Gasteiger partial charge in [0.1, 0.15) is 11.6 Å². The van der Waals surface area contributed by atoms with E-state index in [2.05, 4.69) is 10.4 Å². The van der Waals surface area contributed by atoms with Crippen LogP contribution in [0.3, 0.4) is 0 Å². The monoisotopic (exact) mass is 403 g/mol. The van der Waals surface area contributed by atoms with Gasteiger partial charge in [0, 0.05) is 28.5 Å². The van der Waals surface area contributed by atoms with Crippen molar-refractivity contribution in [3.8, 4) is 0 Å². The van der Waals surface area contributed by atoms with Crippen LogP contribution in [-0.2, 0) is 0 Å². The van der Waals surface area contributed by atoms with Crippen LogP contribution in [0.5, 0.6) is 0 Å². The van der Waals surface area contributed by atoms with Gasteiger partial charge < -0.3 is 5.32 Å². The number of para-hydroxylation sites is 1. The molecule has 0 bridgehead atoms. The van der Waals surface area contributed by atoms with E-state index < -0.39 is 0 Å². The van der Waals surface area contributed by atoms with Gasteiger partial charge in [-0.15, -0.1) is 0 Å². The molecule has 29 heavy (non-hydrogen) atoms. The first-order valence-corrected chi connectivity index (χ1v) is 9.82. The number of anilines is 4. The second kappa shape index (κ2) is 7.22. The Hall–Kier alpha value is -3.38. The van der Waals surface area contributed by atoms with Crippen LogP contribution in [0.2, 0.25) is 5.02 Å². The molecule has 144 valence electrons. The smallest absolute Gasteiger partial charge is 0.170 e. The fourth-order valence-electron chi connectivity index (χ4n) is 3.31. The molecule has 4 aromatic rings. The van der Waals surface area contributed by atoms with Crippen molar-refractivity contribution in [1.82, 2.24) is 14.6 Å². The Kier molecular flexibility index (Phi) is 4.41. The van der Waals surface area contributed by atoms with Crippen LogP contribution in [0.4, 0.5) is 23.0 Å². The average Bonchev–Trinajstić information content (AvgIpc) is 3.45. The summed E-state index contributed by atoms with van der Waals surface area (Å²) >= 11 is 6.28. The van der Waals surface area contributed by atoms with Crippen molar-refractivity contribution >= 4 is 46.5 Å². The zero-order chi connectivity index (χ0) is 19.8. The van der Waals surface area contributed by atoms with E-state index in [0.717, 1.165) is 36.3 Å². The third kappa shape index (κ3) is 3.43. The van der Waals surface area contributed by atoms with Gasteiger partial charge in [0.05, 0.1) is 11.8 Å². The van der Waals surface area contributed by atoms with Gasteiger partial charge in [0.25, 0.3) is 0 Å². The minimum atomic E-state index is 0.425. The molecular formula is C22H18ClN5O. The van der Waals surface area contributed by atoms with Gasteiger partial charge in [-0.05, 0) is 43.2 Å². The van der Waals surface area contributed by atoms with E-state index in [0.29, 0.717) is 28.1 Å². The SMILES string of the molecule is O=Cc1cnn2c(NC3CC3)cc(N(c3ccccc3)c3cccc(Cl)c3)nc12. The number of aromatic nitrogens is 3. The lowest BCUT2D eigenvalue weighted by Crippen LogP contribution is -2.15. The summed E-state index contributed by atoms with van der Waals surface area (Å²) in [6, 6.07) is 20.0. The number of carbonyl (C=O) groups is 1.